The standard InChI is InChI=1S/C10H18F3NO2/c1-3-4-5-6-15-7-9(2)14-16-8-10(11,12)13/h7,14H,3-6,8H2,1-2H3. The molecular formula is C10H18F3NO2. The third kappa shape index (κ3) is 11.2. The van der Waals surface area contributed by atoms with Gasteiger partial charge in [-0.05, 0) is 13.3 Å². The molecule has 96 valence electrons. The smallest absolute Gasteiger partial charge is 0.414 e. The molecule has 0 aromatic heterocycles. The Morgan fingerprint density at radius 2 is 2.00 bits per heavy atom. The van der Waals surface area contributed by atoms with Crippen LogP contribution in [0.2, 0.25) is 0 Å². The van der Waals surface area contributed by atoms with Gasteiger partial charge in [-0.2, -0.15) is 13.2 Å². The van der Waals surface area contributed by atoms with E-state index in [9.17, 15) is 13.2 Å². The molecule has 0 aromatic rings. The number of unbranched alkanes of at least 4 members (excludes halogenated alkanes) is 2. The molecule has 1 N–H and O–H groups in total. The van der Waals surface area contributed by atoms with Crippen LogP contribution >= 0.6 is 0 Å². The van der Waals surface area contributed by atoms with Crippen LogP contribution in [0.4, 0.5) is 13.2 Å². The second-order valence-corrected chi connectivity index (χ2v) is 3.38. The second kappa shape index (κ2) is 8.27. The average molecular weight is 241 g/mol. The van der Waals surface area contributed by atoms with Crippen molar-refractivity contribution in [2.24, 2.45) is 0 Å². The summed E-state index contributed by atoms with van der Waals surface area (Å²) in [4.78, 5) is 4.21. The minimum atomic E-state index is -4.32. The number of hydroxylamine groups is 1. The van der Waals surface area contributed by atoms with Crippen LogP contribution in [0, 0.1) is 0 Å². The summed E-state index contributed by atoms with van der Waals surface area (Å²) in [6.45, 7) is 2.88. The van der Waals surface area contributed by atoms with Crippen LogP contribution in [-0.4, -0.2) is 19.4 Å². The molecular weight excluding hydrogens is 223 g/mol. The van der Waals surface area contributed by atoms with Crippen LogP contribution in [0.1, 0.15) is 33.1 Å². The fourth-order valence-corrected chi connectivity index (χ4v) is 0.875. The van der Waals surface area contributed by atoms with Crippen molar-refractivity contribution in [2.45, 2.75) is 39.3 Å². The maximum absolute atomic E-state index is 11.7. The third-order valence-electron chi connectivity index (χ3n) is 1.59. The molecule has 0 rings (SSSR count). The van der Waals surface area contributed by atoms with Gasteiger partial charge in [-0.15, -0.1) is 0 Å². The van der Waals surface area contributed by atoms with Gasteiger partial charge in [-0.3, -0.25) is 10.3 Å². The maximum Gasteiger partial charge on any atom is 0.414 e. The minimum Gasteiger partial charge on any atom is -0.499 e. The van der Waals surface area contributed by atoms with E-state index in [-0.39, 0.29) is 0 Å². The molecule has 0 aliphatic rings. The molecule has 0 saturated heterocycles. The minimum absolute atomic E-state index is 0.403. The maximum atomic E-state index is 11.7. The third-order valence-corrected chi connectivity index (χ3v) is 1.59. The van der Waals surface area contributed by atoms with Crippen molar-refractivity contribution in [3.8, 4) is 0 Å². The number of allylic oxidation sites excluding steroid dienone is 1. The van der Waals surface area contributed by atoms with Gasteiger partial charge in [-0.1, -0.05) is 19.8 Å². The lowest BCUT2D eigenvalue weighted by molar-refractivity contribution is -0.186. The Balaban J connectivity index is 3.48. The van der Waals surface area contributed by atoms with E-state index in [1.165, 1.54) is 6.26 Å². The first kappa shape index (κ1) is 15.1. The highest BCUT2D eigenvalue weighted by Gasteiger charge is 2.27. The molecule has 0 aromatic carbocycles. The Bertz CT molecular complexity index is 205. The summed E-state index contributed by atoms with van der Waals surface area (Å²) in [5.41, 5.74) is 2.55. The fourth-order valence-electron chi connectivity index (χ4n) is 0.875. The number of hydrogen-bond donors (Lipinski definition) is 1. The zero-order chi connectivity index (χ0) is 12.4. The van der Waals surface area contributed by atoms with Gasteiger partial charge >= 0.3 is 6.18 Å². The van der Waals surface area contributed by atoms with Crippen LogP contribution < -0.4 is 5.48 Å². The summed E-state index contributed by atoms with van der Waals surface area (Å²) in [6.07, 6.45) is 0.134. The van der Waals surface area contributed by atoms with Crippen molar-refractivity contribution in [3.63, 3.8) is 0 Å². The fraction of sp³-hybridized carbons (Fsp3) is 0.800. The van der Waals surface area contributed by atoms with Gasteiger partial charge in [0.2, 0.25) is 0 Å². The molecule has 6 heteroatoms. The van der Waals surface area contributed by atoms with Crippen molar-refractivity contribution in [3.05, 3.63) is 12.0 Å². The van der Waals surface area contributed by atoms with E-state index < -0.39 is 12.8 Å². The quantitative estimate of drug-likeness (QED) is 0.402. The van der Waals surface area contributed by atoms with E-state index in [4.69, 9.17) is 4.74 Å². The monoisotopic (exact) mass is 241 g/mol. The molecule has 0 heterocycles. The molecule has 0 radical (unpaired) electrons. The van der Waals surface area contributed by atoms with Crippen molar-refractivity contribution >= 4 is 0 Å². The molecule has 0 aliphatic heterocycles. The molecule has 0 saturated carbocycles. The summed E-state index contributed by atoms with van der Waals surface area (Å²) in [5.74, 6) is 0. The SMILES string of the molecule is CCCCCOC=C(C)NOCC(F)(F)F. The van der Waals surface area contributed by atoms with Crippen LogP contribution in [-0.2, 0) is 9.57 Å². The lowest BCUT2D eigenvalue weighted by Gasteiger charge is -2.09. The van der Waals surface area contributed by atoms with E-state index in [1.807, 2.05) is 0 Å². The highest BCUT2D eigenvalue weighted by atomic mass is 19.4. The van der Waals surface area contributed by atoms with Gasteiger partial charge in [0, 0.05) is 0 Å². The number of ether oxygens (including phenoxy) is 1. The molecule has 0 bridgehead atoms. The van der Waals surface area contributed by atoms with Crippen LogP contribution in [0.25, 0.3) is 0 Å². The van der Waals surface area contributed by atoms with E-state index in [1.54, 1.807) is 6.92 Å². The first-order chi connectivity index (χ1) is 7.45. The van der Waals surface area contributed by atoms with Crippen LogP contribution in [0.5, 0.6) is 0 Å². The Kier molecular flexibility index (Phi) is 7.80. The van der Waals surface area contributed by atoms with E-state index in [0.717, 1.165) is 19.3 Å². The molecule has 0 unspecified atom stereocenters. The van der Waals surface area contributed by atoms with Gasteiger partial charge < -0.3 is 4.74 Å². The Morgan fingerprint density at radius 3 is 2.56 bits per heavy atom. The zero-order valence-corrected chi connectivity index (χ0v) is 9.56. The predicted octanol–water partition coefficient (Wildman–Crippen LogP) is 3.14. The van der Waals surface area contributed by atoms with Gasteiger partial charge in [0.25, 0.3) is 0 Å². The number of rotatable bonds is 8. The Hall–Kier alpha value is -0.910. The number of alkyl halides is 3. The summed E-state index contributed by atoms with van der Waals surface area (Å²) in [7, 11) is 0. The molecule has 0 aliphatic carbocycles. The lowest BCUT2D eigenvalue weighted by Crippen LogP contribution is -2.23. The lowest BCUT2D eigenvalue weighted by atomic mass is 10.3. The van der Waals surface area contributed by atoms with E-state index in [0.29, 0.717) is 12.3 Å². The zero-order valence-electron chi connectivity index (χ0n) is 9.56. The Labute approximate surface area is 93.6 Å². The van der Waals surface area contributed by atoms with Crippen molar-refractivity contribution in [1.29, 1.82) is 0 Å². The normalized spacial score (nSPS) is 12.7. The van der Waals surface area contributed by atoms with Gasteiger partial charge in [0.15, 0.2) is 6.61 Å². The average Bonchev–Trinajstić information content (AvgIpc) is 2.15. The number of nitrogens with one attached hydrogen (secondary N) is 1. The van der Waals surface area contributed by atoms with Crippen LogP contribution in [0.3, 0.4) is 0 Å². The van der Waals surface area contributed by atoms with E-state index >= 15 is 0 Å². The molecule has 0 atom stereocenters. The van der Waals surface area contributed by atoms with Crippen molar-refractivity contribution in [1.82, 2.24) is 5.48 Å². The van der Waals surface area contributed by atoms with Crippen molar-refractivity contribution < 1.29 is 22.7 Å². The highest BCUT2D eigenvalue weighted by Crippen LogP contribution is 2.13. The van der Waals surface area contributed by atoms with Gasteiger partial charge in [-0.25, -0.2) is 0 Å². The number of halogens is 3. The number of hydrogen-bond acceptors (Lipinski definition) is 3. The van der Waals surface area contributed by atoms with Crippen molar-refractivity contribution in [2.75, 3.05) is 13.2 Å². The molecule has 0 amide bonds. The largest absolute Gasteiger partial charge is 0.499 e. The van der Waals surface area contributed by atoms with Gasteiger partial charge in [0.05, 0.1) is 12.3 Å². The first-order valence-electron chi connectivity index (χ1n) is 5.18. The second-order valence-electron chi connectivity index (χ2n) is 3.38. The topological polar surface area (TPSA) is 30.5 Å². The molecule has 0 fully saturated rings. The molecule has 0 spiro atoms. The highest BCUT2D eigenvalue weighted by molar-refractivity contribution is 4.86. The summed E-state index contributed by atoms with van der Waals surface area (Å²) in [6, 6.07) is 0. The summed E-state index contributed by atoms with van der Waals surface area (Å²) in [5, 5.41) is 0. The molecule has 3 nitrogen and oxygen atoms in total. The van der Waals surface area contributed by atoms with Gasteiger partial charge in [0.1, 0.15) is 6.26 Å². The summed E-state index contributed by atoms with van der Waals surface area (Å²) < 4.78 is 40.1. The molecule has 16 heavy (non-hydrogen) atoms. The predicted molar refractivity (Wildman–Crippen MR) is 54.4 cm³/mol. The Morgan fingerprint density at radius 1 is 1.31 bits per heavy atom. The van der Waals surface area contributed by atoms with E-state index in [2.05, 4.69) is 17.2 Å². The summed E-state index contributed by atoms with van der Waals surface area (Å²) >= 11 is 0. The first-order valence-corrected chi connectivity index (χ1v) is 5.18. The van der Waals surface area contributed by atoms with Crippen LogP contribution in [0.15, 0.2) is 12.0 Å².